The minimum Gasteiger partial charge on any atom is -0.382 e. The highest BCUT2D eigenvalue weighted by atomic mass is 32.1. The predicted octanol–water partition coefficient (Wildman–Crippen LogP) is 2.59. The van der Waals surface area contributed by atoms with Gasteiger partial charge in [0.05, 0.1) is 4.88 Å². The number of hydrogen-bond acceptors (Lipinski definition) is 4. The Kier molecular flexibility index (Phi) is 2.36. The van der Waals surface area contributed by atoms with Crippen LogP contribution in [0.3, 0.4) is 0 Å². The van der Waals surface area contributed by atoms with E-state index < -0.39 is 0 Å². The fraction of sp³-hybridized carbons (Fsp3) is 0.182. The Balaban J connectivity index is 2.62. The van der Waals surface area contributed by atoms with E-state index in [-0.39, 0.29) is 0 Å². The molecule has 0 aliphatic heterocycles. The fourth-order valence-electron chi connectivity index (χ4n) is 1.52. The molecule has 0 unspecified atom stereocenters. The van der Waals surface area contributed by atoms with Crippen LogP contribution >= 0.6 is 11.3 Å². The normalized spacial score (nSPS) is 10.5. The van der Waals surface area contributed by atoms with Crippen molar-refractivity contribution in [2.45, 2.75) is 13.8 Å². The van der Waals surface area contributed by atoms with Gasteiger partial charge in [-0.2, -0.15) is 0 Å². The van der Waals surface area contributed by atoms with Crippen molar-refractivity contribution in [2.75, 3.05) is 11.5 Å². The highest BCUT2D eigenvalue weighted by Crippen LogP contribution is 2.35. The van der Waals surface area contributed by atoms with E-state index in [1.165, 1.54) is 22.5 Å². The van der Waals surface area contributed by atoms with E-state index in [4.69, 9.17) is 11.5 Å². The van der Waals surface area contributed by atoms with Crippen molar-refractivity contribution >= 4 is 22.3 Å². The molecule has 4 N–H and O–H groups in total. The molecule has 0 aliphatic rings. The highest BCUT2D eigenvalue weighted by molar-refractivity contribution is 7.19. The highest BCUT2D eigenvalue weighted by Gasteiger charge is 2.10. The molecule has 0 atom stereocenters. The first kappa shape index (κ1) is 9.98. The average molecular weight is 219 g/mol. The van der Waals surface area contributed by atoms with Crippen molar-refractivity contribution in [3.63, 3.8) is 0 Å². The van der Waals surface area contributed by atoms with E-state index in [0.29, 0.717) is 10.9 Å². The fourth-order valence-corrected chi connectivity index (χ4v) is 2.36. The molecule has 4 heteroatoms. The Labute approximate surface area is 92.8 Å². The largest absolute Gasteiger partial charge is 0.382 e. The van der Waals surface area contributed by atoms with Crippen LogP contribution in [0.1, 0.15) is 11.1 Å². The molecule has 78 valence electrons. The van der Waals surface area contributed by atoms with Crippen LogP contribution in [0.2, 0.25) is 0 Å². The van der Waals surface area contributed by atoms with Gasteiger partial charge in [0.2, 0.25) is 0 Å². The zero-order valence-electron chi connectivity index (χ0n) is 8.74. The number of benzene rings is 1. The molecule has 1 aromatic carbocycles. The van der Waals surface area contributed by atoms with Crippen LogP contribution in [0.25, 0.3) is 10.4 Å². The molecule has 0 bridgehead atoms. The van der Waals surface area contributed by atoms with E-state index in [9.17, 15) is 0 Å². The molecule has 15 heavy (non-hydrogen) atoms. The van der Waals surface area contributed by atoms with E-state index in [1.54, 1.807) is 0 Å². The number of hydrogen-bond donors (Lipinski definition) is 2. The number of thiazole rings is 1. The summed E-state index contributed by atoms with van der Waals surface area (Å²) in [4.78, 5) is 5.00. The van der Waals surface area contributed by atoms with Crippen LogP contribution in [-0.2, 0) is 0 Å². The molecule has 0 amide bonds. The quantitative estimate of drug-likeness (QED) is 0.774. The monoisotopic (exact) mass is 219 g/mol. The van der Waals surface area contributed by atoms with E-state index in [0.717, 1.165) is 10.4 Å². The lowest BCUT2D eigenvalue weighted by Crippen LogP contribution is -1.90. The van der Waals surface area contributed by atoms with Crippen molar-refractivity contribution in [3.05, 3.63) is 29.3 Å². The minimum atomic E-state index is 0.517. The summed E-state index contributed by atoms with van der Waals surface area (Å²) in [6.45, 7) is 4.12. The molecule has 2 rings (SSSR count). The van der Waals surface area contributed by atoms with Gasteiger partial charge in [-0.1, -0.05) is 35.1 Å². The number of aromatic nitrogens is 1. The van der Waals surface area contributed by atoms with Crippen LogP contribution in [0.5, 0.6) is 0 Å². The summed E-state index contributed by atoms with van der Waals surface area (Å²) in [6, 6.07) is 6.28. The Morgan fingerprint density at radius 3 is 2.53 bits per heavy atom. The SMILES string of the molecule is Cc1ccc(C)c(-c2sc(N)nc2N)c1. The molecule has 0 radical (unpaired) electrons. The number of nitrogen functional groups attached to an aromatic ring is 2. The van der Waals surface area contributed by atoms with Gasteiger partial charge in [0.1, 0.15) is 5.82 Å². The Bertz CT molecular complexity index is 503. The molecule has 0 fully saturated rings. The molecule has 0 saturated heterocycles. The molecular weight excluding hydrogens is 206 g/mol. The van der Waals surface area contributed by atoms with Crippen molar-refractivity contribution in [3.8, 4) is 10.4 Å². The summed E-state index contributed by atoms with van der Waals surface area (Å²) in [5, 5.41) is 0.517. The van der Waals surface area contributed by atoms with Gasteiger partial charge in [0, 0.05) is 0 Å². The third-order valence-electron chi connectivity index (χ3n) is 2.31. The maximum absolute atomic E-state index is 5.81. The third kappa shape index (κ3) is 1.80. The van der Waals surface area contributed by atoms with E-state index in [2.05, 4.69) is 37.0 Å². The van der Waals surface area contributed by atoms with Gasteiger partial charge in [-0.15, -0.1) is 0 Å². The van der Waals surface area contributed by atoms with Gasteiger partial charge in [0.15, 0.2) is 5.13 Å². The topological polar surface area (TPSA) is 64.9 Å². The molecule has 1 aromatic heterocycles. The lowest BCUT2D eigenvalue weighted by Gasteiger charge is -2.04. The van der Waals surface area contributed by atoms with Gasteiger partial charge in [0.25, 0.3) is 0 Å². The van der Waals surface area contributed by atoms with Gasteiger partial charge in [-0.3, -0.25) is 0 Å². The zero-order chi connectivity index (χ0) is 11.0. The van der Waals surface area contributed by atoms with E-state index >= 15 is 0 Å². The van der Waals surface area contributed by atoms with Crippen LogP contribution in [0.15, 0.2) is 18.2 Å². The molecule has 1 heterocycles. The Morgan fingerprint density at radius 1 is 1.20 bits per heavy atom. The summed E-state index contributed by atoms with van der Waals surface area (Å²) in [5.41, 5.74) is 15.0. The van der Waals surface area contributed by atoms with Crippen molar-refractivity contribution in [1.82, 2.24) is 4.98 Å². The van der Waals surface area contributed by atoms with Gasteiger partial charge < -0.3 is 11.5 Å². The second-order valence-electron chi connectivity index (χ2n) is 3.58. The average Bonchev–Trinajstić information content (AvgIpc) is 2.50. The number of nitrogens with two attached hydrogens (primary N) is 2. The first-order valence-electron chi connectivity index (χ1n) is 4.67. The molecule has 0 aliphatic carbocycles. The molecule has 0 saturated carbocycles. The van der Waals surface area contributed by atoms with Gasteiger partial charge in [-0.25, -0.2) is 4.98 Å². The zero-order valence-corrected chi connectivity index (χ0v) is 9.56. The third-order valence-corrected chi connectivity index (χ3v) is 3.24. The summed E-state index contributed by atoms with van der Waals surface area (Å²) >= 11 is 1.43. The second kappa shape index (κ2) is 3.55. The number of rotatable bonds is 1. The van der Waals surface area contributed by atoms with Gasteiger partial charge >= 0.3 is 0 Å². The van der Waals surface area contributed by atoms with Crippen LogP contribution in [0.4, 0.5) is 10.9 Å². The van der Waals surface area contributed by atoms with Crippen LogP contribution < -0.4 is 11.5 Å². The smallest absolute Gasteiger partial charge is 0.182 e. The summed E-state index contributed by atoms with van der Waals surface area (Å²) in [7, 11) is 0. The summed E-state index contributed by atoms with van der Waals surface area (Å²) < 4.78 is 0. The second-order valence-corrected chi connectivity index (χ2v) is 4.62. The van der Waals surface area contributed by atoms with Crippen molar-refractivity contribution in [2.24, 2.45) is 0 Å². The Morgan fingerprint density at radius 2 is 1.93 bits per heavy atom. The molecular formula is C11H13N3S. The molecule has 2 aromatic rings. The maximum atomic E-state index is 5.81. The maximum Gasteiger partial charge on any atom is 0.182 e. The first-order chi connectivity index (χ1) is 7.08. The molecule has 3 nitrogen and oxygen atoms in total. The number of aryl methyl sites for hydroxylation is 2. The summed E-state index contributed by atoms with van der Waals surface area (Å²) in [6.07, 6.45) is 0. The molecule has 0 spiro atoms. The first-order valence-corrected chi connectivity index (χ1v) is 5.49. The van der Waals surface area contributed by atoms with Gasteiger partial charge in [-0.05, 0) is 25.0 Å². The van der Waals surface area contributed by atoms with E-state index in [1.807, 2.05) is 0 Å². The standard InChI is InChI=1S/C11H13N3S/c1-6-3-4-7(2)8(5-6)9-10(12)14-11(13)15-9/h3-5H,12H2,1-2H3,(H2,13,14). The number of nitrogens with zero attached hydrogens (tertiary/aromatic N) is 1. The predicted molar refractivity (Wildman–Crippen MR) is 65.8 cm³/mol. The summed E-state index contributed by atoms with van der Waals surface area (Å²) in [5.74, 6) is 0.520. The van der Waals surface area contributed by atoms with Crippen LogP contribution in [-0.4, -0.2) is 4.98 Å². The minimum absolute atomic E-state index is 0.517. The van der Waals surface area contributed by atoms with Crippen LogP contribution in [0, 0.1) is 13.8 Å². The lowest BCUT2D eigenvalue weighted by molar-refractivity contribution is 1.38. The van der Waals surface area contributed by atoms with Crippen molar-refractivity contribution in [1.29, 1.82) is 0 Å². The lowest BCUT2D eigenvalue weighted by atomic mass is 10.0. The van der Waals surface area contributed by atoms with Crippen molar-refractivity contribution < 1.29 is 0 Å². The Hall–Kier alpha value is -1.55. The number of anilines is 2.